The van der Waals surface area contributed by atoms with E-state index in [1.807, 2.05) is 18.2 Å². The second-order valence-electron chi connectivity index (χ2n) is 8.71. The maximum absolute atomic E-state index is 12.2. The fraction of sp³-hybridized carbons (Fsp3) is 0.591. The van der Waals surface area contributed by atoms with Crippen LogP contribution in [0.4, 0.5) is 10.2 Å². The van der Waals surface area contributed by atoms with Gasteiger partial charge in [-0.1, -0.05) is 6.42 Å². The van der Waals surface area contributed by atoms with Gasteiger partial charge in [0.25, 0.3) is 0 Å². The van der Waals surface area contributed by atoms with Crippen LogP contribution in [0.15, 0.2) is 30.5 Å². The standard InChI is InChI=1S/C22H28FN5O/c23-16-29-21-7-4-17(14-24-21)19-5-6-20(26-25-19)27-11-8-22(9-12-27)10-13-28(15-22)18-2-1-3-18/h4-7,14,18H,1-3,8-13,15-16H2. The highest BCUT2D eigenvalue weighted by molar-refractivity contribution is 5.59. The van der Waals surface area contributed by atoms with Crippen molar-refractivity contribution in [2.75, 3.05) is 37.9 Å². The van der Waals surface area contributed by atoms with Gasteiger partial charge in [-0.05, 0) is 62.3 Å². The van der Waals surface area contributed by atoms with Crippen molar-refractivity contribution in [2.45, 2.75) is 44.6 Å². The third-order valence-electron chi connectivity index (χ3n) is 7.09. The fourth-order valence-electron chi connectivity index (χ4n) is 4.97. The molecule has 0 radical (unpaired) electrons. The summed E-state index contributed by atoms with van der Waals surface area (Å²) >= 11 is 0. The molecule has 4 heterocycles. The van der Waals surface area contributed by atoms with Gasteiger partial charge in [-0.25, -0.2) is 9.37 Å². The van der Waals surface area contributed by atoms with Crippen molar-refractivity contribution >= 4 is 5.82 Å². The molecule has 0 aromatic carbocycles. The number of halogens is 1. The van der Waals surface area contributed by atoms with Gasteiger partial charge in [-0.2, -0.15) is 0 Å². The summed E-state index contributed by atoms with van der Waals surface area (Å²) in [7, 11) is 0. The second-order valence-corrected chi connectivity index (χ2v) is 8.71. The van der Waals surface area contributed by atoms with Gasteiger partial charge in [0, 0.05) is 43.5 Å². The van der Waals surface area contributed by atoms with E-state index >= 15 is 0 Å². The molecule has 0 amide bonds. The maximum atomic E-state index is 12.2. The number of hydrogen-bond donors (Lipinski definition) is 0. The molecular weight excluding hydrogens is 369 g/mol. The third kappa shape index (κ3) is 3.80. The zero-order valence-electron chi connectivity index (χ0n) is 16.8. The molecule has 1 spiro atoms. The molecular formula is C22H28FN5O. The summed E-state index contributed by atoms with van der Waals surface area (Å²) in [5, 5.41) is 8.85. The molecule has 2 aromatic rings. The van der Waals surface area contributed by atoms with Crippen molar-refractivity contribution < 1.29 is 9.13 Å². The highest BCUT2D eigenvalue weighted by atomic mass is 19.1. The van der Waals surface area contributed by atoms with E-state index in [1.54, 1.807) is 12.3 Å². The van der Waals surface area contributed by atoms with E-state index in [2.05, 4.69) is 25.0 Å². The summed E-state index contributed by atoms with van der Waals surface area (Å²) in [5.41, 5.74) is 2.12. The molecule has 3 fully saturated rings. The molecule has 6 nitrogen and oxygen atoms in total. The van der Waals surface area contributed by atoms with Gasteiger partial charge in [-0.3, -0.25) is 4.90 Å². The summed E-state index contributed by atoms with van der Waals surface area (Å²) in [4.78, 5) is 9.20. The van der Waals surface area contributed by atoms with Crippen LogP contribution in [0.1, 0.15) is 38.5 Å². The van der Waals surface area contributed by atoms with Crippen LogP contribution in [-0.4, -0.2) is 59.2 Å². The van der Waals surface area contributed by atoms with Gasteiger partial charge in [0.2, 0.25) is 12.7 Å². The van der Waals surface area contributed by atoms with Crippen molar-refractivity contribution in [1.29, 1.82) is 0 Å². The largest absolute Gasteiger partial charge is 0.446 e. The molecule has 154 valence electrons. The Balaban J connectivity index is 1.19. The minimum atomic E-state index is -0.878. The summed E-state index contributed by atoms with van der Waals surface area (Å²) in [6.07, 6.45) is 9.72. The maximum Gasteiger partial charge on any atom is 0.230 e. The lowest BCUT2D eigenvalue weighted by Gasteiger charge is -2.41. The van der Waals surface area contributed by atoms with Gasteiger partial charge in [0.15, 0.2) is 5.82 Å². The number of alkyl halides is 1. The van der Waals surface area contributed by atoms with E-state index in [0.29, 0.717) is 5.41 Å². The summed E-state index contributed by atoms with van der Waals surface area (Å²) in [6, 6.07) is 8.36. The molecule has 1 aliphatic carbocycles. The zero-order valence-corrected chi connectivity index (χ0v) is 16.8. The Morgan fingerprint density at radius 3 is 2.48 bits per heavy atom. The molecule has 29 heavy (non-hydrogen) atoms. The van der Waals surface area contributed by atoms with Crippen LogP contribution < -0.4 is 9.64 Å². The first-order valence-corrected chi connectivity index (χ1v) is 10.7. The van der Waals surface area contributed by atoms with Gasteiger partial charge >= 0.3 is 0 Å². The number of anilines is 1. The van der Waals surface area contributed by atoms with E-state index in [4.69, 9.17) is 4.74 Å². The van der Waals surface area contributed by atoms with Crippen molar-refractivity contribution in [2.24, 2.45) is 5.41 Å². The Hall–Kier alpha value is -2.28. The number of nitrogens with zero attached hydrogens (tertiary/aromatic N) is 5. The molecule has 7 heteroatoms. The van der Waals surface area contributed by atoms with Crippen LogP contribution in [0.5, 0.6) is 5.88 Å². The van der Waals surface area contributed by atoms with Crippen molar-refractivity contribution in [3.8, 4) is 17.1 Å². The van der Waals surface area contributed by atoms with Crippen LogP contribution in [-0.2, 0) is 0 Å². The molecule has 5 rings (SSSR count). The zero-order chi connectivity index (χ0) is 19.7. The van der Waals surface area contributed by atoms with Crippen molar-refractivity contribution in [3.05, 3.63) is 30.5 Å². The van der Waals surface area contributed by atoms with Crippen LogP contribution >= 0.6 is 0 Å². The third-order valence-corrected chi connectivity index (χ3v) is 7.09. The van der Waals surface area contributed by atoms with Crippen molar-refractivity contribution in [1.82, 2.24) is 20.1 Å². The predicted octanol–water partition coefficient (Wildman–Crippen LogP) is 3.69. The molecule has 0 N–H and O–H groups in total. The van der Waals surface area contributed by atoms with Gasteiger partial charge in [-0.15, -0.1) is 10.2 Å². The fourth-order valence-corrected chi connectivity index (χ4v) is 4.97. The smallest absolute Gasteiger partial charge is 0.230 e. The molecule has 0 atom stereocenters. The van der Waals surface area contributed by atoms with E-state index in [-0.39, 0.29) is 5.88 Å². The van der Waals surface area contributed by atoms with Crippen LogP contribution in [0.25, 0.3) is 11.3 Å². The Morgan fingerprint density at radius 2 is 1.86 bits per heavy atom. The minimum Gasteiger partial charge on any atom is -0.446 e. The number of aromatic nitrogens is 3. The number of rotatable bonds is 5. The van der Waals surface area contributed by atoms with Gasteiger partial charge < -0.3 is 9.64 Å². The number of ether oxygens (including phenoxy) is 1. The molecule has 2 aliphatic heterocycles. The predicted molar refractivity (Wildman–Crippen MR) is 110 cm³/mol. The Morgan fingerprint density at radius 1 is 1.03 bits per heavy atom. The normalized spacial score (nSPS) is 22.0. The second kappa shape index (κ2) is 7.86. The number of pyridine rings is 1. The first kappa shape index (κ1) is 18.7. The average molecular weight is 397 g/mol. The molecule has 2 aromatic heterocycles. The monoisotopic (exact) mass is 397 g/mol. The summed E-state index contributed by atoms with van der Waals surface area (Å²) < 4.78 is 16.9. The average Bonchev–Trinajstić information content (AvgIpc) is 3.11. The Kier molecular flexibility index (Phi) is 5.08. The lowest BCUT2D eigenvalue weighted by atomic mass is 9.77. The SMILES string of the molecule is FCOc1ccc(-c2ccc(N3CCC4(CC3)CCN(C3CCC3)C4)nn2)cn1. The van der Waals surface area contributed by atoms with E-state index < -0.39 is 6.86 Å². The topological polar surface area (TPSA) is 54.4 Å². The summed E-state index contributed by atoms with van der Waals surface area (Å²) in [6.45, 7) is 3.83. The van der Waals surface area contributed by atoms with E-state index in [9.17, 15) is 4.39 Å². The molecule has 1 saturated carbocycles. The highest BCUT2D eigenvalue weighted by Crippen LogP contribution is 2.43. The Bertz CT molecular complexity index is 816. The lowest BCUT2D eigenvalue weighted by Crippen LogP contribution is -2.44. The first-order chi connectivity index (χ1) is 14.2. The van der Waals surface area contributed by atoms with Crippen molar-refractivity contribution in [3.63, 3.8) is 0 Å². The highest BCUT2D eigenvalue weighted by Gasteiger charge is 2.43. The minimum absolute atomic E-state index is 0.269. The van der Waals surface area contributed by atoms with Gasteiger partial charge in [0.05, 0.1) is 5.69 Å². The molecule has 2 saturated heterocycles. The molecule has 0 unspecified atom stereocenters. The van der Waals surface area contributed by atoms with E-state index in [1.165, 1.54) is 51.6 Å². The van der Waals surface area contributed by atoms with Gasteiger partial charge in [0.1, 0.15) is 0 Å². The number of likely N-dealkylation sites (tertiary alicyclic amines) is 1. The molecule has 0 bridgehead atoms. The number of hydrogen-bond acceptors (Lipinski definition) is 6. The summed E-state index contributed by atoms with van der Waals surface area (Å²) in [5.74, 6) is 1.22. The number of piperidine rings is 1. The lowest BCUT2D eigenvalue weighted by molar-refractivity contribution is 0.127. The quantitative estimate of drug-likeness (QED) is 0.767. The first-order valence-electron chi connectivity index (χ1n) is 10.7. The Labute approximate surface area is 171 Å². The van der Waals surface area contributed by atoms with Crippen LogP contribution in [0.3, 0.4) is 0 Å². The van der Waals surface area contributed by atoms with Crippen LogP contribution in [0.2, 0.25) is 0 Å². The molecule has 3 aliphatic rings. The van der Waals surface area contributed by atoms with E-state index in [0.717, 1.165) is 36.2 Å². The van der Waals surface area contributed by atoms with Crippen LogP contribution in [0, 0.1) is 5.41 Å².